The number of rotatable bonds is 3. The second-order valence-electron chi connectivity index (χ2n) is 5.89. The Hall–Kier alpha value is -0.870. The van der Waals surface area contributed by atoms with Crippen molar-refractivity contribution in [3.63, 3.8) is 0 Å². The summed E-state index contributed by atoms with van der Waals surface area (Å²) in [6.45, 7) is 1.08. The maximum absolute atomic E-state index is 11.9. The predicted molar refractivity (Wildman–Crippen MR) is 76.8 cm³/mol. The van der Waals surface area contributed by atoms with E-state index in [1.807, 2.05) is 12.1 Å². The molecule has 1 aromatic rings. The molecule has 1 aliphatic heterocycles. The van der Waals surface area contributed by atoms with Crippen LogP contribution in [0.3, 0.4) is 0 Å². The molecule has 1 saturated carbocycles. The molecule has 3 nitrogen and oxygen atoms in total. The van der Waals surface area contributed by atoms with Crippen molar-refractivity contribution >= 4 is 9.84 Å². The fourth-order valence-electron chi connectivity index (χ4n) is 3.14. The van der Waals surface area contributed by atoms with Crippen LogP contribution in [0, 0.1) is 0 Å². The summed E-state index contributed by atoms with van der Waals surface area (Å²) in [7, 11) is -3.00. The van der Waals surface area contributed by atoms with E-state index in [1.54, 1.807) is 0 Å². The van der Waals surface area contributed by atoms with Gasteiger partial charge in [-0.1, -0.05) is 30.7 Å². The number of hydrogen-bond donors (Lipinski definition) is 1. The SMILES string of the molecule is CS(=O)(=O)C1(c2ccc(C3CCCCN3)cc2)CC1. The van der Waals surface area contributed by atoms with Gasteiger partial charge in [0.25, 0.3) is 0 Å². The molecule has 1 saturated heterocycles. The lowest BCUT2D eigenvalue weighted by molar-refractivity contribution is 0.412. The van der Waals surface area contributed by atoms with Crippen LogP contribution >= 0.6 is 0 Å². The minimum Gasteiger partial charge on any atom is -0.310 e. The van der Waals surface area contributed by atoms with Crippen molar-refractivity contribution in [1.29, 1.82) is 0 Å². The molecule has 1 atom stereocenters. The Labute approximate surface area is 115 Å². The topological polar surface area (TPSA) is 46.2 Å². The van der Waals surface area contributed by atoms with Gasteiger partial charge >= 0.3 is 0 Å². The summed E-state index contributed by atoms with van der Waals surface area (Å²) < 4.78 is 23.2. The van der Waals surface area contributed by atoms with Crippen LogP contribution in [0.4, 0.5) is 0 Å². The molecule has 1 unspecified atom stereocenters. The first-order valence-corrected chi connectivity index (χ1v) is 8.95. The maximum Gasteiger partial charge on any atom is 0.157 e. The van der Waals surface area contributed by atoms with E-state index in [0.717, 1.165) is 24.9 Å². The van der Waals surface area contributed by atoms with Gasteiger partial charge in [0.1, 0.15) is 0 Å². The van der Waals surface area contributed by atoms with Crippen molar-refractivity contribution in [1.82, 2.24) is 5.32 Å². The van der Waals surface area contributed by atoms with Crippen LogP contribution in [0.25, 0.3) is 0 Å². The zero-order chi connectivity index (χ0) is 13.5. The first kappa shape index (κ1) is 13.1. The number of benzene rings is 1. The van der Waals surface area contributed by atoms with Crippen LogP contribution in [-0.2, 0) is 14.6 Å². The molecular formula is C15H21NO2S. The van der Waals surface area contributed by atoms with Gasteiger partial charge in [-0.05, 0) is 43.4 Å². The van der Waals surface area contributed by atoms with E-state index < -0.39 is 14.6 Å². The second-order valence-corrected chi connectivity index (χ2v) is 8.22. The Kier molecular flexibility index (Phi) is 3.18. The second kappa shape index (κ2) is 4.60. The molecule has 1 N–H and O–H groups in total. The molecule has 1 heterocycles. The summed E-state index contributed by atoms with van der Waals surface area (Å²) in [6, 6.07) is 8.67. The van der Waals surface area contributed by atoms with E-state index in [9.17, 15) is 8.42 Å². The van der Waals surface area contributed by atoms with Crippen LogP contribution in [0.2, 0.25) is 0 Å². The van der Waals surface area contributed by atoms with E-state index in [4.69, 9.17) is 0 Å². The third-order valence-electron chi connectivity index (χ3n) is 4.56. The average Bonchev–Trinajstić information content (AvgIpc) is 3.21. The van der Waals surface area contributed by atoms with Gasteiger partial charge < -0.3 is 5.32 Å². The number of piperidine rings is 1. The summed E-state index contributed by atoms with van der Waals surface area (Å²) >= 11 is 0. The molecule has 0 radical (unpaired) electrons. The molecule has 0 amide bonds. The molecule has 2 fully saturated rings. The van der Waals surface area contributed by atoms with Crippen molar-refractivity contribution in [3.05, 3.63) is 35.4 Å². The molecule has 19 heavy (non-hydrogen) atoms. The molecule has 1 aliphatic carbocycles. The quantitative estimate of drug-likeness (QED) is 0.925. The summed E-state index contributed by atoms with van der Waals surface area (Å²) in [5.41, 5.74) is 2.25. The highest BCUT2D eigenvalue weighted by Crippen LogP contribution is 2.52. The van der Waals surface area contributed by atoms with E-state index >= 15 is 0 Å². The lowest BCUT2D eigenvalue weighted by Gasteiger charge is -2.24. The van der Waals surface area contributed by atoms with Gasteiger partial charge in [0.05, 0.1) is 4.75 Å². The molecule has 0 bridgehead atoms. The molecule has 1 aromatic carbocycles. The fourth-order valence-corrected chi connectivity index (χ4v) is 4.55. The predicted octanol–water partition coefficient (Wildman–Crippen LogP) is 2.53. The highest BCUT2D eigenvalue weighted by molar-refractivity contribution is 7.92. The van der Waals surface area contributed by atoms with Crippen molar-refractivity contribution in [3.8, 4) is 0 Å². The smallest absolute Gasteiger partial charge is 0.157 e. The number of nitrogens with one attached hydrogen (secondary N) is 1. The normalized spacial score (nSPS) is 26.1. The molecule has 3 rings (SSSR count). The summed E-state index contributed by atoms with van der Waals surface area (Å²) in [4.78, 5) is 0. The van der Waals surface area contributed by atoms with Crippen molar-refractivity contribution in [2.45, 2.75) is 42.9 Å². The monoisotopic (exact) mass is 279 g/mol. The average molecular weight is 279 g/mol. The van der Waals surface area contributed by atoms with Gasteiger partial charge in [-0.2, -0.15) is 0 Å². The van der Waals surface area contributed by atoms with Crippen LogP contribution in [-0.4, -0.2) is 21.2 Å². The van der Waals surface area contributed by atoms with Gasteiger partial charge in [-0.3, -0.25) is 0 Å². The summed E-state index contributed by atoms with van der Waals surface area (Å²) in [6.07, 6.45) is 6.60. The van der Waals surface area contributed by atoms with Gasteiger partial charge in [0.15, 0.2) is 9.84 Å². The van der Waals surface area contributed by atoms with Crippen LogP contribution in [0.1, 0.15) is 49.3 Å². The van der Waals surface area contributed by atoms with Crippen molar-refractivity contribution in [2.24, 2.45) is 0 Å². The van der Waals surface area contributed by atoms with Gasteiger partial charge in [0, 0.05) is 12.3 Å². The Bertz CT molecular complexity index is 552. The molecular weight excluding hydrogens is 258 g/mol. The van der Waals surface area contributed by atoms with Gasteiger partial charge in [-0.15, -0.1) is 0 Å². The minimum absolute atomic E-state index is 0.441. The Balaban J connectivity index is 1.83. The van der Waals surface area contributed by atoms with Crippen LogP contribution in [0.15, 0.2) is 24.3 Å². The minimum atomic E-state index is -3.00. The summed E-state index contributed by atoms with van der Waals surface area (Å²) in [5.74, 6) is 0. The van der Waals surface area contributed by atoms with Gasteiger partial charge in [0.2, 0.25) is 0 Å². The summed E-state index contributed by atoms with van der Waals surface area (Å²) in [5, 5.41) is 3.52. The Morgan fingerprint density at radius 3 is 2.32 bits per heavy atom. The zero-order valence-corrected chi connectivity index (χ0v) is 12.2. The van der Waals surface area contributed by atoms with Crippen LogP contribution in [0.5, 0.6) is 0 Å². The fraction of sp³-hybridized carbons (Fsp3) is 0.600. The molecule has 2 aliphatic rings. The molecule has 0 aromatic heterocycles. The van der Waals surface area contributed by atoms with Crippen molar-refractivity contribution < 1.29 is 8.42 Å². The zero-order valence-electron chi connectivity index (χ0n) is 11.4. The van der Waals surface area contributed by atoms with E-state index in [1.165, 1.54) is 31.1 Å². The molecule has 104 valence electrons. The lowest BCUT2D eigenvalue weighted by atomic mass is 9.96. The third-order valence-corrected chi connectivity index (χ3v) is 6.63. The highest BCUT2D eigenvalue weighted by atomic mass is 32.2. The van der Waals surface area contributed by atoms with Gasteiger partial charge in [-0.25, -0.2) is 8.42 Å². The van der Waals surface area contributed by atoms with E-state index in [2.05, 4.69) is 17.4 Å². The van der Waals surface area contributed by atoms with Crippen molar-refractivity contribution in [2.75, 3.05) is 12.8 Å². The molecule has 4 heteroatoms. The third kappa shape index (κ3) is 2.32. The van der Waals surface area contributed by atoms with E-state index in [-0.39, 0.29) is 0 Å². The number of sulfone groups is 1. The first-order chi connectivity index (χ1) is 9.03. The highest BCUT2D eigenvalue weighted by Gasteiger charge is 2.53. The Morgan fingerprint density at radius 2 is 1.84 bits per heavy atom. The maximum atomic E-state index is 11.9. The first-order valence-electron chi connectivity index (χ1n) is 7.06. The largest absolute Gasteiger partial charge is 0.310 e. The van der Waals surface area contributed by atoms with E-state index in [0.29, 0.717) is 6.04 Å². The number of hydrogen-bond acceptors (Lipinski definition) is 3. The Morgan fingerprint density at radius 1 is 1.16 bits per heavy atom. The molecule has 0 spiro atoms. The van der Waals surface area contributed by atoms with Crippen LogP contribution < -0.4 is 5.32 Å². The standard InChI is InChI=1S/C15H21NO2S/c1-19(17,18)15(9-10-15)13-7-5-12(6-8-13)14-4-2-3-11-16-14/h5-8,14,16H,2-4,9-11H2,1H3. The lowest BCUT2D eigenvalue weighted by Crippen LogP contribution is -2.26.